The molecule has 0 radical (unpaired) electrons. The molecular weight excluding hydrogens is 391 g/mol. The largest absolute Gasteiger partial charge is 0.387 e. The summed E-state index contributed by atoms with van der Waals surface area (Å²) in [5, 5.41) is 15.3. The van der Waals surface area contributed by atoms with Crippen LogP contribution < -0.4 is 10.6 Å². The van der Waals surface area contributed by atoms with E-state index in [0.29, 0.717) is 5.82 Å². The molecule has 3 N–H and O–H groups in total. The second-order valence-electron chi connectivity index (χ2n) is 6.54. The summed E-state index contributed by atoms with van der Waals surface area (Å²) < 4.78 is 14.8. The number of nitrogens with one attached hydrogen (secondary N) is 2. The van der Waals surface area contributed by atoms with Gasteiger partial charge in [-0.3, -0.25) is 4.79 Å². The molecule has 0 saturated heterocycles. The maximum atomic E-state index is 13.8. The Bertz CT molecular complexity index is 973. The fourth-order valence-corrected chi connectivity index (χ4v) is 3.23. The number of amides is 1. The second kappa shape index (κ2) is 7.75. The predicted molar refractivity (Wildman–Crippen MR) is 106 cm³/mol. The summed E-state index contributed by atoms with van der Waals surface area (Å²) in [5.41, 5.74) is 2.10. The van der Waals surface area contributed by atoms with Crippen LogP contribution in [0.1, 0.15) is 24.2 Å². The van der Waals surface area contributed by atoms with Gasteiger partial charge < -0.3 is 15.7 Å². The van der Waals surface area contributed by atoms with E-state index in [-0.39, 0.29) is 17.1 Å². The minimum atomic E-state index is -1.60. The zero-order valence-corrected chi connectivity index (χ0v) is 16.2. The van der Waals surface area contributed by atoms with Gasteiger partial charge in [-0.2, -0.15) is 0 Å². The number of benzene rings is 1. The maximum Gasteiger partial charge on any atom is 0.254 e. The summed E-state index contributed by atoms with van der Waals surface area (Å²) >= 11 is 7.71. The van der Waals surface area contributed by atoms with Gasteiger partial charge in [-0.05, 0) is 32.0 Å². The Labute approximate surface area is 164 Å². The lowest BCUT2D eigenvalue weighted by atomic mass is 10.0. The van der Waals surface area contributed by atoms with Crippen LogP contribution in [0, 0.1) is 0 Å². The van der Waals surface area contributed by atoms with Gasteiger partial charge in [0.1, 0.15) is 12.0 Å². The fraction of sp³-hybridized carbons (Fsp3) is 0.278. The molecule has 0 saturated carbocycles. The van der Waals surface area contributed by atoms with Gasteiger partial charge in [0.15, 0.2) is 0 Å². The summed E-state index contributed by atoms with van der Waals surface area (Å²) in [6.07, 6.45) is -0.279. The van der Waals surface area contributed by atoms with Crippen LogP contribution in [0.15, 0.2) is 36.0 Å². The number of alkyl halides is 1. The van der Waals surface area contributed by atoms with E-state index in [2.05, 4.69) is 20.6 Å². The number of aromatic nitrogens is 2. The Morgan fingerprint density at radius 1 is 1.37 bits per heavy atom. The third kappa shape index (κ3) is 4.71. The number of thiazole rings is 1. The molecular formula is C18H18ClFN4O2S. The first-order chi connectivity index (χ1) is 12.7. The van der Waals surface area contributed by atoms with Gasteiger partial charge in [-0.1, -0.05) is 11.6 Å². The Balaban J connectivity index is 1.68. The average molecular weight is 409 g/mol. The molecule has 6 nitrogen and oxygen atoms in total. The van der Waals surface area contributed by atoms with Crippen molar-refractivity contribution in [3.63, 3.8) is 0 Å². The SMILES string of the molecule is CC(C)(O)[C@H](F)CNC(=O)c1cnc(Nc2ccc3ncsc3c2)cc1Cl. The van der Waals surface area contributed by atoms with Crippen LogP contribution in [0.25, 0.3) is 10.2 Å². The molecule has 0 unspecified atom stereocenters. The van der Waals surface area contributed by atoms with Gasteiger partial charge in [0.25, 0.3) is 5.91 Å². The van der Waals surface area contributed by atoms with E-state index in [4.69, 9.17) is 11.6 Å². The zero-order chi connectivity index (χ0) is 19.6. The molecule has 1 amide bonds. The molecule has 0 spiro atoms. The number of pyridine rings is 1. The monoisotopic (exact) mass is 408 g/mol. The number of hydrogen-bond donors (Lipinski definition) is 3. The lowest BCUT2D eigenvalue weighted by Gasteiger charge is -2.22. The van der Waals surface area contributed by atoms with Crippen molar-refractivity contribution in [3.05, 3.63) is 46.6 Å². The summed E-state index contributed by atoms with van der Waals surface area (Å²) in [4.78, 5) is 20.6. The van der Waals surface area contributed by atoms with Crippen molar-refractivity contribution in [1.29, 1.82) is 0 Å². The number of carbonyl (C=O) groups excluding carboxylic acids is 1. The molecule has 27 heavy (non-hydrogen) atoms. The standard InChI is InChI=1S/C18H18ClFN4O2S/c1-18(2,26)15(20)8-22-17(25)11-7-21-16(6-12(11)19)24-10-3-4-13-14(5-10)27-9-23-13/h3-7,9,15,26H,8H2,1-2H3,(H,21,24)(H,22,25)/t15-/m1/s1. The van der Waals surface area contributed by atoms with Gasteiger partial charge in [0, 0.05) is 18.0 Å². The molecule has 0 aliphatic heterocycles. The Hall–Kier alpha value is -2.29. The minimum Gasteiger partial charge on any atom is -0.387 e. The normalized spacial score (nSPS) is 12.8. The average Bonchev–Trinajstić information content (AvgIpc) is 3.06. The molecule has 3 rings (SSSR count). The lowest BCUT2D eigenvalue weighted by Crippen LogP contribution is -2.42. The highest BCUT2D eigenvalue weighted by Gasteiger charge is 2.27. The third-order valence-electron chi connectivity index (χ3n) is 3.91. The second-order valence-corrected chi connectivity index (χ2v) is 7.83. The molecule has 2 aromatic heterocycles. The topological polar surface area (TPSA) is 87.1 Å². The van der Waals surface area contributed by atoms with Gasteiger partial charge in [-0.25, -0.2) is 14.4 Å². The minimum absolute atomic E-state index is 0.128. The van der Waals surface area contributed by atoms with Crippen LogP contribution in [-0.4, -0.2) is 39.3 Å². The molecule has 2 heterocycles. The van der Waals surface area contributed by atoms with Crippen LogP contribution in [0.2, 0.25) is 5.02 Å². The quantitative estimate of drug-likeness (QED) is 0.575. The van der Waals surface area contributed by atoms with Crippen LogP contribution in [0.4, 0.5) is 15.9 Å². The number of aliphatic hydroxyl groups is 1. The molecule has 0 bridgehead atoms. The summed E-state index contributed by atoms with van der Waals surface area (Å²) in [6, 6.07) is 7.24. The number of hydrogen-bond acceptors (Lipinski definition) is 6. The number of nitrogens with zero attached hydrogens (tertiary/aromatic N) is 2. The number of fused-ring (bicyclic) bond motifs is 1. The zero-order valence-electron chi connectivity index (χ0n) is 14.7. The highest BCUT2D eigenvalue weighted by atomic mass is 35.5. The lowest BCUT2D eigenvalue weighted by molar-refractivity contribution is -0.00177. The Kier molecular flexibility index (Phi) is 5.59. The van der Waals surface area contributed by atoms with Gasteiger partial charge in [0.2, 0.25) is 0 Å². The van der Waals surface area contributed by atoms with E-state index >= 15 is 0 Å². The number of rotatable bonds is 6. The van der Waals surface area contributed by atoms with Crippen molar-refractivity contribution in [2.24, 2.45) is 0 Å². The van der Waals surface area contributed by atoms with E-state index in [9.17, 15) is 14.3 Å². The number of anilines is 2. The van der Waals surface area contributed by atoms with Crippen LogP contribution in [0.5, 0.6) is 0 Å². The maximum absolute atomic E-state index is 13.8. The molecule has 3 aromatic rings. The van der Waals surface area contributed by atoms with Crippen molar-refractivity contribution in [1.82, 2.24) is 15.3 Å². The van der Waals surface area contributed by atoms with Gasteiger partial charge in [0.05, 0.1) is 38.5 Å². The van der Waals surface area contributed by atoms with E-state index < -0.39 is 17.7 Å². The van der Waals surface area contributed by atoms with E-state index in [1.165, 1.54) is 37.4 Å². The molecule has 0 fully saturated rings. The summed E-state index contributed by atoms with van der Waals surface area (Å²) in [5.74, 6) is -0.0858. The Morgan fingerprint density at radius 2 is 2.15 bits per heavy atom. The molecule has 1 aromatic carbocycles. The molecule has 1 atom stereocenters. The first kappa shape index (κ1) is 19.5. The van der Waals surface area contributed by atoms with Crippen LogP contribution in [0.3, 0.4) is 0 Å². The molecule has 0 aliphatic carbocycles. The molecule has 9 heteroatoms. The Morgan fingerprint density at radius 3 is 2.85 bits per heavy atom. The first-order valence-electron chi connectivity index (χ1n) is 8.14. The molecule has 0 aliphatic rings. The highest BCUT2D eigenvalue weighted by molar-refractivity contribution is 7.16. The van der Waals surface area contributed by atoms with Crippen LogP contribution in [-0.2, 0) is 0 Å². The third-order valence-corrected chi connectivity index (χ3v) is 5.01. The van der Waals surface area contributed by atoms with E-state index in [1.54, 1.807) is 5.51 Å². The van der Waals surface area contributed by atoms with Gasteiger partial charge >= 0.3 is 0 Å². The van der Waals surface area contributed by atoms with Crippen molar-refractivity contribution < 1.29 is 14.3 Å². The summed E-state index contributed by atoms with van der Waals surface area (Å²) in [6.45, 7) is 2.35. The fourth-order valence-electron chi connectivity index (χ4n) is 2.27. The van der Waals surface area contributed by atoms with Crippen molar-refractivity contribution in [3.8, 4) is 0 Å². The molecule has 142 valence electrons. The summed E-state index contributed by atoms with van der Waals surface area (Å²) in [7, 11) is 0. The number of carbonyl (C=O) groups is 1. The first-order valence-corrected chi connectivity index (χ1v) is 9.40. The van der Waals surface area contributed by atoms with Crippen molar-refractivity contribution >= 4 is 50.6 Å². The van der Waals surface area contributed by atoms with E-state index in [1.807, 2.05) is 18.2 Å². The number of halogens is 2. The van der Waals surface area contributed by atoms with Gasteiger partial charge in [-0.15, -0.1) is 11.3 Å². The predicted octanol–water partition coefficient (Wildman–Crippen LogP) is 3.93. The van der Waals surface area contributed by atoms with Crippen molar-refractivity contribution in [2.45, 2.75) is 25.6 Å². The van der Waals surface area contributed by atoms with Crippen molar-refractivity contribution in [2.75, 3.05) is 11.9 Å². The van der Waals surface area contributed by atoms with E-state index in [0.717, 1.165) is 15.9 Å². The smallest absolute Gasteiger partial charge is 0.254 e. The highest BCUT2D eigenvalue weighted by Crippen LogP contribution is 2.25. The van der Waals surface area contributed by atoms with Crippen LogP contribution >= 0.6 is 22.9 Å².